The lowest BCUT2D eigenvalue weighted by molar-refractivity contribution is 0.0776. The number of nitrogens with one attached hydrogen (secondary N) is 1. The molecule has 7 heteroatoms. The summed E-state index contributed by atoms with van der Waals surface area (Å²) in [6.45, 7) is 4.35. The molecule has 1 aromatic rings. The van der Waals surface area contributed by atoms with E-state index in [1.807, 2.05) is 14.1 Å². The first kappa shape index (κ1) is 16.7. The molecule has 0 saturated carbocycles. The second-order valence-corrected chi connectivity index (χ2v) is 6.77. The van der Waals surface area contributed by atoms with Gasteiger partial charge in [0.05, 0.1) is 5.56 Å². The number of carbonyl (C=O) groups is 2. The van der Waals surface area contributed by atoms with Crippen molar-refractivity contribution in [1.29, 1.82) is 0 Å². The van der Waals surface area contributed by atoms with E-state index in [1.54, 1.807) is 4.90 Å². The fourth-order valence-electron chi connectivity index (χ4n) is 3.52. The Labute approximate surface area is 141 Å². The highest BCUT2D eigenvalue weighted by molar-refractivity contribution is 5.98. The minimum Gasteiger partial charge on any atom is -0.337 e. The second kappa shape index (κ2) is 6.39. The quantitative estimate of drug-likeness (QED) is 0.908. The van der Waals surface area contributed by atoms with Crippen LogP contribution in [0.25, 0.3) is 0 Å². The van der Waals surface area contributed by atoms with Crippen molar-refractivity contribution in [1.82, 2.24) is 15.1 Å². The van der Waals surface area contributed by atoms with Gasteiger partial charge in [-0.2, -0.15) is 0 Å². The molecule has 0 radical (unpaired) electrons. The Kier molecular flexibility index (Phi) is 4.45. The van der Waals surface area contributed by atoms with Gasteiger partial charge in [-0.15, -0.1) is 0 Å². The number of urea groups is 1. The van der Waals surface area contributed by atoms with Crippen LogP contribution in [0.5, 0.6) is 0 Å². The molecule has 0 aliphatic carbocycles. The Morgan fingerprint density at radius 3 is 2.67 bits per heavy atom. The maximum absolute atomic E-state index is 14.2. The maximum atomic E-state index is 14.2. The predicted molar refractivity (Wildman–Crippen MR) is 89.7 cm³/mol. The summed E-state index contributed by atoms with van der Waals surface area (Å²) >= 11 is 0. The first-order valence-electron chi connectivity index (χ1n) is 8.19. The van der Waals surface area contributed by atoms with Gasteiger partial charge < -0.3 is 15.1 Å². The van der Waals surface area contributed by atoms with E-state index < -0.39 is 5.82 Å². The van der Waals surface area contributed by atoms with Crippen molar-refractivity contribution in [3.8, 4) is 0 Å². The third kappa shape index (κ3) is 2.96. The molecule has 0 aromatic heterocycles. The Bertz CT molecular complexity index is 664. The van der Waals surface area contributed by atoms with Crippen LogP contribution in [0.3, 0.4) is 0 Å². The monoisotopic (exact) mass is 334 g/mol. The first-order chi connectivity index (χ1) is 11.4. The largest absolute Gasteiger partial charge is 0.337 e. The van der Waals surface area contributed by atoms with E-state index in [1.165, 1.54) is 23.1 Å². The zero-order valence-electron chi connectivity index (χ0n) is 14.3. The lowest BCUT2D eigenvalue weighted by atomic mass is 10.1. The van der Waals surface area contributed by atoms with Crippen LogP contribution in [0.1, 0.15) is 17.3 Å². The number of carbonyl (C=O) groups excluding carboxylic acids is 2. The van der Waals surface area contributed by atoms with Crippen LogP contribution in [0.2, 0.25) is 0 Å². The minimum atomic E-state index is -0.552. The van der Waals surface area contributed by atoms with E-state index in [9.17, 15) is 14.0 Å². The summed E-state index contributed by atoms with van der Waals surface area (Å²) in [6.07, 6.45) is 0. The molecule has 130 valence electrons. The maximum Gasteiger partial charge on any atom is 0.321 e. The Morgan fingerprint density at radius 1 is 1.33 bits per heavy atom. The van der Waals surface area contributed by atoms with Crippen molar-refractivity contribution in [3.63, 3.8) is 0 Å². The molecule has 2 aliphatic heterocycles. The molecule has 1 N–H and O–H groups in total. The van der Waals surface area contributed by atoms with Crippen LogP contribution < -0.4 is 10.2 Å². The molecule has 2 aliphatic rings. The van der Waals surface area contributed by atoms with Crippen LogP contribution in [0.15, 0.2) is 18.2 Å². The molecule has 2 atom stereocenters. The Balaban J connectivity index is 1.83. The summed E-state index contributed by atoms with van der Waals surface area (Å²) in [4.78, 5) is 29.9. The average molecular weight is 334 g/mol. The first-order valence-corrected chi connectivity index (χ1v) is 8.19. The standard InChI is InChI=1S/C17H23FN4O2/c1-11-9-21(10-15(11)20(2)3)16(23)13-8-12(4-5-14(13)18)22-7-6-19-17(22)24/h4-5,8,11,15H,6-7,9-10H2,1-3H3,(H,19,24)/t11-,15-/m0/s1. The van der Waals surface area contributed by atoms with Gasteiger partial charge in [0.1, 0.15) is 5.82 Å². The van der Waals surface area contributed by atoms with Gasteiger partial charge in [-0.25, -0.2) is 9.18 Å². The van der Waals surface area contributed by atoms with Crippen molar-refractivity contribution in [2.24, 2.45) is 5.92 Å². The third-order valence-electron chi connectivity index (χ3n) is 4.87. The van der Waals surface area contributed by atoms with Gasteiger partial charge in [-0.05, 0) is 38.2 Å². The molecule has 3 amide bonds. The Morgan fingerprint density at radius 2 is 2.08 bits per heavy atom. The molecule has 6 nitrogen and oxygen atoms in total. The summed E-state index contributed by atoms with van der Waals surface area (Å²) in [5.41, 5.74) is 0.574. The normalized spacial score (nSPS) is 24.0. The summed E-state index contributed by atoms with van der Waals surface area (Å²) in [5.74, 6) is -0.533. The number of likely N-dealkylation sites (tertiary alicyclic amines) is 1. The van der Waals surface area contributed by atoms with Crippen molar-refractivity contribution >= 4 is 17.6 Å². The van der Waals surface area contributed by atoms with E-state index >= 15 is 0 Å². The summed E-state index contributed by atoms with van der Waals surface area (Å²) < 4.78 is 14.2. The molecular formula is C17H23FN4O2. The minimum absolute atomic E-state index is 0.0267. The summed E-state index contributed by atoms with van der Waals surface area (Å²) in [5, 5.41) is 2.70. The van der Waals surface area contributed by atoms with Crippen LogP contribution >= 0.6 is 0 Å². The third-order valence-corrected chi connectivity index (χ3v) is 4.87. The highest BCUT2D eigenvalue weighted by atomic mass is 19.1. The number of nitrogens with zero attached hydrogens (tertiary/aromatic N) is 3. The van der Waals surface area contributed by atoms with Gasteiger partial charge in [0.2, 0.25) is 0 Å². The van der Waals surface area contributed by atoms with E-state index in [0.29, 0.717) is 37.8 Å². The molecule has 1 aromatic carbocycles. The molecule has 2 saturated heterocycles. The number of hydrogen-bond donors (Lipinski definition) is 1. The van der Waals surface area contributed by atoms with E-state index in [4.69, 9.17) is 0 Å². The number of hydrogen-bond acceptors (Lipinski definition) is 3. The van der Waals surface area contributed by atoms with Gasteiger partial charge in [-0.3, -0.25) is 9.69 Å². The van der Waals surface area contributed by atoms with Crippen LogP contribution in [-0.2, 0) is 0 Å². The van der Waals surface area contributed by atoms with Crippen LogP contribution in [0, 0.1) is 11.7 Å². The molecule has 3 rings (SSSR count). The molecule has 0 bridgehead atoms. The van der Waals surface area contributed by atoms with Gasteiger partial charge in [0.15, 0.2) is 0 Å². The van der Waals surface area contributed by atoms with Gasteiger partial charge in [0, 0.05) is 37.9 Å². The van der Waals surface area contributed by atoms with Crippen molar-refractivity contribution < 1.29 is 14.0 Å². The molecule has 0 spiro atoms. The van der Waals surface area contributed by atoms with Gasteiger partial charge in [0.25, 0.3) is 5.91 Å². The van der Waals surface area contributed by atoms with Crippen molar-refractivity contribution in [2.75, 3.05) is 45.2 Å². The number of amides is 3. The van der Waals surface area contributed by atoms with E-state index in [0.717, 1.165) is 0 Å². The van der Waals surface area contributed by atoms with E-state index in [2.05, 4.69) is 17.1 Å². The van der Waals surface area contributed by atoms with Crippen LogP contribution in [0.4, 0.5) is 14.9 Å². The Hall–Kier alpha value is -2.15. The smallest absolute Gasteiger partial charge is 0.321 e. The molecule has 2 fully saturated rings. The second-order valence-electron chi connectivity index (χ2n) is 6.77. The predicted octanol–water partition coefficient (Wildman–Crippen LogP) is 1.38. The lowest BCUT2D eigenvalue weighted by Crippen LogP contribution is -2.36. The van der Waals surface area contributed by atoms with Gasteiger partial charge in [-0.1, -0.05) is 6.92 Å². The fourth-order valence-corrected chi connectivity index (χ4v) is 3.52. The number of rotatable bonds is 3. The zero-order valence-corrected chi connectivity index (χ0v) is 14.3. The fraction of sp³-hybridized carbons (Fsp3) is 0.529. The summed E-state index contributed by atoms with van der Waals surface area (Å²) in [7, 11) is 3.98. The van der Waals surface area contributed by atoms with Gasteiger partial charge >= 0.3 is 6.03 Å². The average Bonchev–Trinajstić information content (AvgIpc) is 3.13. The number of halogens is 1. The molecule has 2 heterocycles. The van der Waals surface area contributed by atoms with Crippen molar-refractivity contribution in [2.45, 2.75) is 13.0 Å². The van der Waals surface area contributed by atoms with Crippen molar-refractivity contribution in [3.05, 3.63) is 29.6 Å². The highest BCUT2D eigenvalue weighted by Gasteiger charge is 2.35. The highest BCUT2D eigenvalue weighted by Crippen LogP contribution is 2.25. The number of anilines is 1. The lowest BCUT2D eigenvalue weighted by Gasteiger charge is -2.22. The topological polar surface area (TPSA) is 55.9 Å². The SMILES string of the molecule is C[C@H]1CN(C(=O)c2cc(N3CCNC3=O)ccc2F)C[C@@H]1N(C)C. The summed E-state index contributed by atoms with van der Waals surface area (Å²) in [6, 6.07) is 4.33. The molecular weight excluding hydrogens is 311 g/mol. The number of benzene rings is 1. The molecule has 24 heavy (non-hydrogen) atoms. The van der Waals surface area contributed by atoms with Crippen LogP contribution in [-0.4, -0.2) is 68.1 Å². The molecule has 0 unspecified atom stereocenters. The zero-order chi connectivity index (χ0) is 17.4. The number of likely N-dealkylation sites (N-methyl/N-ethyl adjacent to an activating group) is 1. The van der Waals surface area contributed by atoms with E-state index in [-0.39, 0.29) is 23.5 Å².